The van der Waals surface area contributed by atoms with Crippen LogP contribution in [0.1, 0.15) is 57.4 Å². The highest BCUT2D eigenvalue weighted by Crippen LogP contribution is 2.13. The van der Waals surface area contributed by atoms with Crippen LogP contribution in [0.4, 0.5) is 4.39 Å². The summed E-state index contributed by atoms with van der Waals surface area (Å²) in [6, 6.07) is 3.22. The van der Waals surface area contributed by atoms with Crippen molar-refractivity contribution < 1.29 is 9.18 Å². The topological polar surface area (TPSA) is 33.2 Å². The number of rotatable bonds is 9. The van der Waals surface area contributed by atoms with E-state index in [2.05, 4.69) is 30.7 Å². The van der Waals surface area contributed by atoms with Crippen LogP contribution in [0.5, 0.6) is 0 Å². The SMILES string of the molecule is CCCCN(CC(C)C(=O)c1ccc(F)cn1)C(C)CC. The van der Waals surface area contributed by atoms with Gasteiger partial charge in [-0.15, -0.1) is 0 Å². The summed E-state index contributed by atoms with van der Waals surface area (Å²) in [5.41, 5.74) is 0.350. The lowest BCUT2D eigenvalue weighted by molar-refractivity contribution is 0.0863. The Kier molecular flexibility index (Phi) is 7.51. The molecule has 0 spiro atoms. The van der Waals surface area contributed by atoms with E-state index in [1.807, 2.05) is 6.92 Å². The highest BCUT2D eigenvalue weighted by molar-refractivity contribution is 5.95. The number of carbonyl (C=O) groups excluding carboxylic acids is 1. The van der Waals surface area contributed by atoms with E-state index in [-0.39, 0.29) is 11.7 Å². The van der Waals surface area contributed by atoms with Gasteiger partial charge in [0.25, 0.3) is 0 Å². The van der Waals surface area contributed by atoms with Crippen molar-refractivity contribution in [2.45, 2.75) is 53.0 Å². The number of nitrogens with zero attached hydrogens (tertiary/aromatic N) is 2. The van der Waals surface area contributed by atoms with Crippen LogP contribution in [0.3, 0.4) is 0 Å². The Labute approximate surface area is 127 Å². The second-order valence-electron chi connectivity index (χ2n) is 5.73. The fraction of sp³-hybridized carbons (Fsp3) is 0.647. The van der Waals surface area contributed by atoms with E-state index < -0.39 is 5.82 Å². The zero-order valence-electron chi connectivity index (χ0n) is 13.6. The van der Waals surface area contributed by atoms with Crippen molar-refractivity contribution in [2.24, 2.45) is 5.92 Å². The largest absolute Gasteiger partial charge is 0.300 e. The molecule has 0 aliphatic heterocycles. The van der Waals surface area contributed by atoms with Gasteiger partial charge in [0.05, 0.1) is 6.20 Å². The minimum Gasteiger partial charge on any atom is -0.300 e. The molecule has 0 aliphatic rings. The third kappa shape index (κ3) is 5.54. The number of unbranched alkanes of at least 4 members (excludes halogenated alkanes) is 1. The molecule has 0 N–H and O–H groups in total. The van der Waals surface area contributed by atoms with E-state index in [4.69, 9.17) is 0 Å². The van der Waals surface area contributed by atoms with Crippen LogP contribution in [0.15, 0.2) is 18.3 Å². The summed E-state index contributed by atoms with van der Waals surface area (Å²) in [7, 11) is 0. The van der Waals surface area contributed by atoms with Gasteiger partial charge in [-0.3, -0.25) is 14.7 Å². The van der Waals surface area contributed by atoms with Crippen LogP contribution in [-0.4, -0.2) is 34.8 Å². The highest BCUT2D eigenvalue weighted by atomic mass is 19.1. The molecule has 3 nitrogen and oxygen atoms in total. The molecule has 2 atom stereocenters. The molecule has 0 saturated carbocycles. The second-order valence-corrected chi connectivity index (χ2v) is 5.73. The summed E-state index contributed by atoms with van der Waals surface area (Å²) in [6.07, 6.45) is 4.46. The zero-order chi connectivity index (χ0) is 15.8. The molecular weight excluding hydrogens is 267 g/mol. The van der Waals surface area contributed by atoms with Gasteiger partial charge in [-0.2, -0.15) is 0 Å². The van der Waals surface area contributed by atoms with E-state index in [0.29, 0.717) is 11.7 Å². The van der Waals surface area contributed by atoms with E-state index in [1.165, 1.54) is 12.1 Å². The molecule has 1 aromatic heterocycles. The molecule has 0 aliphatic carbocycles. The van der Waals surface area contributed by atoms with Gasteiger partial charge in [-0.1, -0.05) is 27.2 Å². The van der Waals surface area contributed by atoms with Crippen molar-refractivity contribution in [1.82, 2.24) is 9.88 Å². The number of ketones is 1. The average molecular weight is 294 g/mol. The molecular formula is C17H27FN2O. The smallest absolute Gasteiger partial charge is 0.185 e. The lowest BCUT2D eigenvalue weighted by atomic mass is 10.0. The predicted molar refractivity (Wildman–Crippen MR) is 83.9 cm³/mol. The number of carbonyl (C=O) groups is 1. The van der Waals surface area contributed by atoms with Crippen molar-refractivity contribution in [3.8, 4) is 0 Å². The molecule has 1 aromatic rings. The number of hydrogen-bond acceptors (Lipinski definition) is 3. The first-order chi connectivity index (χ1) is 9.99. The molecule has 1 heterocycles. The Bertz CT molecular complexity index is 433. The minimum absolute atomic E-state index is 0.0141. The summed E-state index contributed by atoms with van der Waals surface area (Å²) in [5.74, 6) is -0.558. The fourth-order valence-electron chi connectivity index (χ4n) is 2.32. The van der Waals surface area contributed by atoms with Gasteiger partial charge < -0.3 is 0 Å². The maximum absolute atomic E-state index is 12.9. The highest BCUT2D eigenvalue weighted by Gasteiger charge is 2.21. The molecule has 0 amide bonds. The zero-order valence-corrected chi connectivity index (χ0v) is 13.6. The van der Waals surface area contributed by atoms with Gasteiger partial charge >= 0.3 is 0 Å². The van der Waals surface area contributed by atoms with E-state index >= 15 is 0 Å². The van der Waals surface area contributed by atoms with Crippen LogP contribution < -0.4 is 0 Å². The molecule has 1 rings (SSSR count). The van der Waals surface area contributed by atoms with Crippen molar-refractivity contribution in [2.75, 3.05) is 13.1 Å². The summed E-state index contributed by atoms with van der Waals surface area (Å²) >= 11 is 0. The van der Waals surface area contributed by atoms with Crippen molar-refractivity contribution in [1.29, 1.82) is 0 Å². The maximum Gasteiger partial charge on any atom is 0.185 e. The lowest BCUT2D eigenvalue weighted by Gasteiger charge is -2.30. The van der Waals surface area contributed by atoms with Gasteiger partial charge in [-0.05, 0) is 38.4 Å². The lowest BCUT2D eigenvalue weighted by Crippen LogP contribution is -2.39. The molecule has 21 heavy (non-hydrogen) atoms. The molecule has 4 heteroatoms. The Hall–Kier alpha value is -1.29. The van der Waals surface area contributed by atoms with Crippen LogP contribution in [0.25, 0.3) is 0 Å². The number of halogens is 1. The molecule has 0 saturated heterocycles. The maximum atomic E-state index is 12.9. The van der Waals surface area contributed by atoms with E-state index in [1.54, 1.807) is 0 Å². The predicted octanol–water partition coefficient (Wildman–Crippen LogP) is 3.94. The van der Waals surface area contributed by atoms with Crippen LogP contribution >= 0.6 is 0 Å². The second kappa shape index (κ2) is 8.88. The van der Waals surface area contributed by atoms with Crippen molar-refractivity contribution >= 4 is 5.78 Å². The van der Waals surface area contributed by atoms with Gasteiger partial charge in [0, 0.05) is 18.5 Å². The summed E-state index contributed by atoms with van der Waals surface area (Å²) in [5, 5.41) is 0. The van der Waals surface area contributed by atoms with Crippen LogP contribution in [0.2, 0.25) is 0 Å². The summed E-state index contributed by atoms with van der Waals surface area (Å²) in [6.45, 7) is 10.2. The Morgan fingerprint density at radius 3 is 2.57 bits per heavy atom. The first kappa shape index (κ1) is 17.8. The van der Waals surface area contributed by atoms with E-state index in [9.17, 15) is 9.18 Å². The third-order valence-corrected chi connectivity index (χ3v) is 3.95. The van der Waals surface area contributed by atoms with Gasteiger partial charge in [0.1, 0.15) is 11.5 Å². The molecule has 118 valence electrons. The first-order valence-corrected chi connectivity index (χ1v) is 7.89. The Balaban J connectivity index is 2.69. The molecule has 0 fully saturated rings. The Morgan fingerprint density at radius 1 is 1.33 bits per heavy atom. The third-order valence-electron chi connectivity index (χ3n) is 3.95. The minimum atomic E-state index is -0.414. The number of Topliss-reactive ketones (excluding diaryl/α,β-unsaturated/α-hetero) is 1. The molecule has 0 aromatic carbocycles. The monoisotopic (exact) mass is 294 g/mol. The van der Waals surface area contributed by atoms with Crippen molar-refractivity contribution in [3.05, 3.63) is 29.8 Å². The van der Waals surface area contributed by atoms with Gasteiger partial charge in [-0.25, -0.2) is 4.39 Å². The molecule has 2 unspecified atom stereocenters. The molecule has 0 bridgehead atoms. The van der Waals surface area contributed by atoms with E-state index in [0.717, 1.165) is 38.5 Å². The van der Waals surface area contributed by atoms with Gasteiger partial charge in [0.2, 0.25) is 0 Å². The number of pyridine rings is 1. The summed E-state index contributed by atoms with van der Waals surface area (Å²) < 4.78 is 12.9. The summed E-state index contributed by atoms with van der Waals surface area (Å²) in [4.78, 5) is 18.6. The van der Waals surface area contributed by atoms with Gasteiger partial charge in [0.15, 0.2) is 5.78 Å². The number of aromatic nitrogens is 1. The molecule has 0 radical (unpaired) electrons. The normalized spacial score (nSPS) is 14.2. The quantitative estimate of drug-likeness (QED) is 0.647. The van der Waals surface area contributed by atoms with Crippen LogP contribution in [0, 0.1) is 11.7 Å². The number of hydrogen-bond donors (Lipinski definition) is 0. The first-order valence-electron chi connectivity index (χ1n) is 7.89. The standard InChI is InChI=1S/C17H27FN2O/c1-5-7-10-20(14(4)6-2)12-13(3)17(21)16-9-8-15(18)11-19-16/h8-9,11,13-14H,5-7,10,12H2,1-4H3. The van der Waals surface area contributed by atoms with Crippen molar-refractivity contribution in [3.63, 3.8) is 0 Å². The van der Waals surface area contributed by atoms with Crippen LogP contribution in [-0.2, 0) is 0 Å². The fourth-order valence-corrected chi connectivity index (χ4v) is 2.32. The Morgan fingerprint density at radius 2 is 2.05 bits per heavy atom. The average Bonchev–Trinajstić information content (AvgIpc) is 2.50.